The fourth-order valence-electron chi connectivity index (χ4n) is 3.25. The number of hydrogen-bond donors (Lipinski definition) is 0. The van der Waals surface area contributed by atoms with E-state index < -0.39 is 0 Å². The van der Waals surface area contributed by atoms with Crippen molar-refractivity contribution in [2.75, 3.05) is 20.2 Å². The third-order valence-corrected chi connectivity index (χ3v) is 4.75. The lowest BCUT2D eigenvalue weighted by Gasteiger charge is -2.33. The van der Waals surface area contributed by atoms with E-state index in [0.717, 1.165) is 25.1 Å². The molecule has 0 aliphatic carbocycles. The van der Waals surface area contributed by atoms with E-state index in [4.69, 9.17) is 9.47 Å². The largest absolute Gasteiger partial charge is 0.497 e. The summed E-state index contributed by atoms with van der Waals surface area (Å²) in [6.45, 7) is 1.30. The van der Waals surface area contributed by atoms with Crippen LogP contribution in [0.4, 0.5) is 0 Å². The van der Waals surface area contributed by atoms with Crippen molar-refractivity contribution in [3.05, 3.63) is 60.2 Å². The number of rotatable bonds is 7. The lowest BCUT2D eigenvalue weighted by atomic mass is 10.0. The lowest BCUT2D eigenvalue weighted by Crippen LogP contribution is -2.44. The number of ketones is 1. The van der Waals surface area contributed by atoms with Gasteiger partial charge in [-0.25, -0.2) is 0 Å². The molecule has 3 rings (SSSR count). The van der Waals surface area contributed by atoms with E-state index in [-0.39, 0.29) is 30.6 Å². The summed E-state index contributed by atoms with van der Waals surface area (Å²) in [6, 6.07) is 16.6. The SMILES string of the molecule is COc1ccc(C(=O)CCC(=O)N2CCCC(Oc3ccccc3)C2)cc1. The third-order valence-electron chi connectivity index (χ3n) is 4.75. The van der Waals surface area contributed by atoms with Gasteiger partial charge in [-0.3, -0.25) is 9.59 Å². The molecule has 5 heteroatoms. The Balaban J connectivity index is 1.48. The highest BCUT2D eigenvalue weighted by atomic mass is 16.5. The number of Topliss-reactive ketones (excluding diaryl/α,β-unsaturated/α-hetero) is 1. The second-order valence-electron chi connectivity index (χ2n) is 6.69. The van der Waals surface area contributed by atoms with Gasteiger partial charge in [0.2, 0.25) is 5.91 Å². The van der Waals surface area contributed by atoms with Crippen molar-refractivity contribution in [2.24, 2.45) is 0 Å². The minimum atomic E-state index is -0.0277. The number of benzene rings is 2. The molecule has 0 saturated carbocycles. The number of carbonyl (C=O) groups excluding carboxylic acids is 2. The van der Waals surface area contributed by atoms with Crippen LogP contribution in [-0.2, 0) is 4.79 Å². The van der Waals surface area contributed by atoms with E-state index in [0.29, 0.717) is 17.9 Å². The molecule has 2 aromatic carbocycles. The molecular formula is C22H25NO4. The molecule has 1 aliphatic heterocycles. The van der Waals surface area contributed by atoms with Gasteiger partial charge < -0.3 is 14.4 Å². The topological polar surface area (TPSA) is 55.8 Å². The molecule has 0 spiro atoms. The van der Waals surface area contributed by atoms with Crippen LogP contribution in [0.25, 0.3) is 0 Å². The standard InChI is InChI=1S/C22H25NO4/c1-26-18-11-9-17(10-12-18)21(24)13-14-22(25)23-15-5-8-20(16-23)27-19-6-3-2-4-7-19/h2-4,6-7,9-12,20H,5,8,13-16H2,1H3. The number of hydrogen-bond acceptors (Lipinski definition) is 4. The smallest absolute Gasteiger partial charge is 0.223 e. The van der Waals surface area contributed by atoms with Crippen LogP contribution in [0, 0.1) is 0 Å². The molecule has 1 heterocycles. The average molecular weight is 367 g/mol. The maximum atomic E-state index is 12.5. The number of nitrogens with zero attached hydrogens (tertiary/aromatic N) is 1. The summed E-state index contributed by atoms with van der Waals surface area (Å²) in [5, 5.41) is 0. The van der Waals surface area contributed by atoms with Crippen LogP contribution in [0.3, 0.4) is 0 Å². The van der Waals surface area contributed by atoms with Crippen LogP contribution in [-0.4, -0.2) is 42.9 Å². The molecule has 0 bridgehead atoms. The molecule has 1 unspecified atom stereocenters. The monoisotopic (exact) mass is 367 g/mol. The van der Waals surface area contributed by atoms with Crippen molar-refractivity contribution < 1.29 is 19.1 Å². The molecule has 142 valence electrons. The van der Waals surface area contributed by atoms with Crippen LogP contribution in [0.5, 0.6) is 11.5 Å². The summed E-state index contributed by atoms with van der Waals surface area (Å²) in [6.07, 6.45) is 2.29. The normalized spacial score (nSPS) is 16.6. The molecule has 1 atom stereocenters. The predicted molar refractivity (Wildman–Crippen MR) is 103 cm³/mol. The number of carbonyl (C=O) groups is 2. The van der Waals surface area contributed by atoms with Crippen molar-refractivity contribution in [3.8, 4) is 11.5 Å². The van der Waals surface area contributed by atoms with Crippen LogP contribution in [0.2, 0.25) is 0 Å². The van der Waals surface area contributed by atoms with Gasteiger partial charge in [0, 0.05) is 24.9 Å². The zero-order valence-corrected chi connectivity index (χ0v) is 15.6. The molecule has 5 nitrogen and oxygen atoms in total. The van der Waals surface area contributed by atoms with Crippen LogP contribution >= 0.6 is 0 Å². The Bertz CT molecular complexity index is 758. The van der Waals surface area contributed by atoms with Gasteiger partial charge in [0.1, 0.15) is 17.6 Å². The minimum absolute atomic E-state index is 0.00221. The molecule has 27 heavy (non-hydrogen) atoms. The first-order valence-electron chi connectivity index (χ1n) is 9.32. The Kier molecular flexibility index (Phi) is 6.47. The molecule has 1 aliphatic rings. The van der Waals surface area contributed by atoms with Gasteiger partial charge in [-0.1, -0.05) is 18.2 Å². The Morgan fingerprint density at radius 3 is 2.44 bits per heavy atom. The van der Waals surface area contributed by atoms with Crippen molar-refractivity contribution in [1.29, 1.82) is 0 Å². The number of piperidine rings is 1. The molecule has 1 saturated heterocycles. The molecule has 0 aromatic heterocycles. The summed E-state index contributed by atoms with van der Waals surface area (Å²) in [5.41, 5.74) is 0.604. The zero-order chi connectivity index (χ0) is 19.1. The Morgan fingerprint density at radius 1 is 1.00 bits per heavy atom. The number of methoxy groups -OCH3 is 1. The van der Waals surface area contributed by atoms with E-state index in [1.807, 2.05) is 35.2 Å². The highest BCUT2D eigenvalue weighted by molar-refractivity contribution is 5.98. The van der Waals surface area contributed by atoms with Gasteiger partial charge in [-0.2, -0.15) is 0 Å². The van der Waals surface area contributed by atoms with Crippen LogP contribution < -0.4 is 9.47 Å². The predicted octanol–water partition coefficient (Wildman–Crippen LogP) is 3.73. The highest BCUT2D eigenvalue weighted by Gasteiger charge is 2.25. The second kappa shape index (κ2) is 9.21. The van der Waals surface area contributed by atoms with Gasteiger partial charge in [0.25, 0.3) is 0 Å². The molecule has 0 N–H and O–H groups in total. The van der Waals surface area contributed by atoms with E-state index in [9.17, 15) is 9.59 Å². The molecular weight excluding hydrogens is 342 g/mol. The Hall–Kier alpha value is -2.82. The first-order valence-corrected chi connectivity index (χ1v) is 9.32. The van der Waals surface area contributed by atoms with Crippen molar-refractivity contribution in [2.45, 2.75) is 31.8 Å². The van der Waals surface area contributed by atoms with Gasteiger partial charge in [0.15, 0.2) is 5.78 Å². The quantitative estimate of drug-likeness (QED) is 0.700. The summed E-state index contributed by atoms with van der Waals surface area (Å²) in [5.74, 6) is 1.52. The van der Waals surface area contributed by atoms with E-state index in [2.05, 4.69) is 0 Å². The summed E-state index contributed by atoms with van der Waals surface area (Å²) in [7, 11) is 1.59. The zero-order valence-electron chi connectivity index (χ0n) is 15.6. The van der Waals surface area contributed by atoms with Crippen LogP contribution in [0.15, 0.2) is 54.6 Å². The second-order valence-corrected chi connectivity index (χ2v) is 6.69. The maximum absolute atomic E-state index is 12.5. The Labute approximate surface area is 159 Å². The van der Waals surface area contributed by atoms with Crippen molar-refractivity contribution >= 4 is 11.7 Å². The van der Waals surface area contributed by atoms with Crippen LogP contribution in [0.1, 0.15) is 36.0 Å². The van der Waals surface area contributed by atoms with E-state index in [1.165, 1.54) is 0 Å². The molecule has 0 radical (unpaired) electrons. The fraction of sp³-hybridized carbons (Fsp3) is 0.364. The van der Waals surface area contributed by atoms with Gasteiger partial charge >= 0.3 is 0 Å². The summed E-state index contributed by atoms with van der Waals surface area (Å²) in [4.78, 5) is 26.6. The van der Waals surface area contributed by atoms with Gasteiger partial charge in [-0.15, -0.1) is 0 Å². The molecule has 1 fully saturated rings. The van der Waals surface area contributed by atoms with Crippen molar-refractivity contribution in [3.63, 3.8) is 0 Å². The van der Waals surface area contributed by atoms with Gasteiger partial charge in [-0.05, 0) is 49.2 Å². The fourth-order valence-corrected chi connectivity index (χ4v) is 3.25. The molecule has 1 amide bonds. The summed E-state index contributed by atoms with van der Waals surface area (Å²) >= 11 is 0. The average Bonchev–Trinajstić information content (AvgIpc) is 2.72. The number of likely N-dealkylation sites (tertiary alicyclic amines) is 1. The molecule has 2 aromatic rings. The highest BCUT2D eigenvalue weighted by Crippen LogP contribution is 2.19. The Morgan fingerprint density at radius 2 is 1.74 bits per heavy atom. The lowest BCUT2D eigenvalue weighted by molar-refractivity contribution is -0.133. The first-order chi connectivity index (χ1) is 13.2. The van der Waals surface area contributed by atoms with E-state index in [1.54, 1.807) is 31.4 Å². The van der Waals surface area contributed by atoms with Gasteiger partial charge in [0.05, 0.1) is 13.7 Å². The maximum Gasteiger partial charge on any atom is 0.223 e. The number of amides is 1. The first kappa shape index (κ1) is 19.0. The van der Waals surface area contributed by atoms with E-state index >= 15 is 0 Å². The van der Waals surface area contributed by atoms with Crippen molar-refractivity contribution in [1.82, 2.24) is 4.90 Å². The number of para-hydroxylation sites is 1. The minimum Gasteiger partial charge on any atom is -0.497 e. The third kappa shape index (κ3) is 5.33. The number of ether oxygens (including phenoxy) is 2. The summed E-state index contributed by atoms with van der Waals surface area (Å²) < 4.78 is 11.1.